The van der Waals surface area contributed by atoms with Crippen LogP contribution >= 0.6 is 11.3 Å². The first-order chi connectivity index (χ1) is 16.4. The van der Waals surface area contributed by atoms with Crippen molar-refractivity contribution in [3.05, 3.63) is 69.4 Å². The number of hydrogen-bond donors (Lipinski definition) is 3. The molecular formula is C23H21N3O6S2. The Morgan fingerprint density at radius 2 is 1.68 bits per heavy atom. The Bertz CT molecular complexity index is 1360. The first kappa shape index (κ1) is 22.2. The largest absolute Gasteiger partial charge is 0.486 e. The number of carbonyl (C=O) groups is 2. The third kappa shape index (κ3) is 4.57. The van der Waals surface area contributed by atoms with E-state index in [1.165, 1.54) is 58.2 Å². The first-order valence-corrected chi connectivity index (χ1v) is 12.9. The van der Waals surface area contributed by atoms with E-state index < -0.39 is 15.9 Å². The number of nitrogens with one attached hydrogen (secondary N) is 3. The molecule has 11 heteroatoms. The van der Waals surface area contributed by atoms with Gasteiger partial charge in [0.05, 0.1) is 9.77 Å². The van der Waals surface area contributed by atoms with Crippen molar-refractivity contribution in [3.63, 3.8) is 0 Å². The number of carbonyl (C=O) groups excluding carboxylic acids is 2. The number of fused-ring (bicyclic) bond motifs is 2. The molecule has 3 N–H and O–H groups in total. The predicted octanol–water partition coefficient (Wildman–Crippen LogP) is 2.88. The zero-order chi connectivity index (χ0) is 23.7. The van der Waals surface area contributed by atoms with Crippen LogP contribution < -0.4 is 25.0 Å². The Hall–Kier alpha value is -3.57. The van der Waals surface area contributed by atoms with E-state index in [0.29, 0.717) is 29.6 Å². The van der Waals surface area contributed by atoms with Gasteiger partial charge in [-0.25, -0.2) is 8.42 Å². The lowest BCUT2D eigenvalue weighted by Crippen LogP contribution is -2.41. The lowest BCUT2D eigenvalue weighted by Gasteiger charge is -2.19. The summed E-state index contributed by atoms with van der Waals surface area (Å²) in [5, 5.41) is 0. The second-order valence-corrected chi connectivity index (χ2v) is 10.6. The third-order valence-corrected chi connectivity index (χ3v) is 8.08. The minimum atomic E-state index is -3.94. The van der Waals surface area contributed by atoms with Crippen LogP contribution in [0.3, 0.4) is 0 Å². The molecule has 2 aromatic carbocycles. The van der Waals surface area contributed by atoms with Gasteiger partial charge in [-0.05, 0) is 61.2 Å². The second kappa shape index (κ2) is 8.99. The van der Waals surface area contributed by atoms with Gasteiger partial charge in [-0.1, -0.05) is 6.07 Å². The molecule has 0 saturated carbocycles. The van der Waals surface area contributed by atoms with Gasteiger partial charge in [0.25, 0.3) is 21.8 Å². The summed E-state index contributed by atoms with van der Waals surface area (Å²) in [4.78, 5) is 26.7. The molecule has 0 fully saturated rings. The van der Waals surface area contributed by atoms with Crippen molar-refractivity contribution < 1.29 is 27.5 Å². The van der Waals surface area contributed by atoms with Crippen LogP contribution in [0.5, 0.6) is 11.5 Å². The molecule has 2 aliphatic rings. The minimum absolute atomic E-state index is 0.00159. The number of amides is 2. The predicted molar refractivity (Wildman–Crippen MR) is 126 cm³/mol. The van der Waals surface area contributed by atoms with Gasteiger partial charge in [-0.3, -0.25) is 25.2 Å². The molecule has 1 aromatic heterocycles. The van der Waals surface area contributed by atoms with Gasteiger partial charge in [0, 0.05) is 22.2 Å². The Morgan fingerprint density at radius 3 is 2.50 bits per heavy atom. The summed E-state index contributed by atoms with van der Waals surface area (Å²) in [7, 11) is -3.94. The van der Waals surface area contributed by atoms with E-state index in [0.717, 1.165) is 19.3 Å². The van der Waals surface area contributed by atoms with E-state index in [2.05, 4.69) is 15.6 Å². The summed E-state index contributed by atoms with van der Waals surface area (Å²) >= 11 is 1.44. The molecule has 0 saturated heterocycles. The Morgan fingerprint density at radius 1 is 0.882 bits per heavy atom. The Labute approximate surface area is 200 Å². The molecule has 34 heavy (non-hydrogen) atoms. The maximum atomic E-state index is 12.8. The smallest absolute Gasteiger partial charge is 0.279 e. The Kier molecular flexibility index (Phi) is 5.88. The van der Waals surface area contributed by atoms with Crippen LogP contribution in [0, 0.1) is 0 Å². The van der Waals surface area contributed by atoms with E-state index in [-0.39, 0.29) is 22.1 Å². The third-order valence-electron chi connectivity index (χ3n) is 5.46. The number of benzene rings is 2. The van der Waals surface area contributed by atoms with Crippen LogP contribution in [0.15, 0.2) is 53.4 Å². The maximum Gasteiger partial charge on any atom is 0.279 e. The number of thiophene rings is 1. The minimum Gasteiger partial charge on any atom is -0.486 e. The van der Waals surface area contributed by atoms with Gasteiger partial charge >= 0.3 is 0 Å². The number of anilines is 1. The number of rotatable bonds is 5. The molecule has 0 atom stereocenters. The molecule has 3 aromatic rings. The average Bonchev–Trinajstić information content (AvgIpc) is 3.44. The van der Waals surface area contributed by atoms with E-state index >= 15 is 0 Å². The van der Waals surface area contributed by atoms with Crippen molar-refractivity contribution in [2.45, 2.75) is 24.2 Å². The summed E-state index contributed by atoms with van der Waals surface area (Å²) in [6.07, 6.45) is 3.06. The van der Waals surface area contributed by atoms with Crippen molar-refractivity contribution in [3.8, 4) is 11.5 Å². The zero-order valence-corrected chi connectivity index (χ0v) is 19.6. The number of hydrogen-bond acceptors (Lipinski definition) is 7. The SMILES string of the molecule is O=C(NNC(=O)c1cc2c(s1)CCC2)c1cccc(NS(=O)(=O)c2ccc3c(c2)OCCO3)c1. The Balaban J connectivity index is 1.24. The van der Waals surface area contributed by atoms with Gasteiger partial charge < -0.3 is 9.47 Å². The molecule has 2 heterocycles. The highest BCUT2D eigenvalue weighted by Gasteiger charge is 2.21. The summed E-state index contributed by atoms with van der Waals surface area (Å²) in [5.74, 6) is -0.118. The van der Waals surface area contributed by atoms with Gasteiger partial charge in [0.1, 0.15) is 13.2 Å². The fourth-order valence-electron chi connectivity index (χ4n) is 3.82. The van der Waals surface area contributed by atoms with Gasteiger partial charge in [0.2, 0.25) is 0 Å². The van der Waals surface area contributed by atoms with Crippen LogP contribution in [0.25, 0.3) is 0 Å². The lowest BCUT2D eigenvalue weighted by molar-refractivity contribution is 0.0849. The van der Waals surface area contributed by atoms with Crippen LogP contribution in [-0.4, -0.2) is 33.4 Å². The topological polar surface area (TPSA) is 123 Å². The highest BCUT2D eigenvalue weighted by atomic mass is 32.2. The van der Waals surface area contributed by atoms with Crippen LogP contribution in [0.1, 0.15) is 36.9 Å². The van der Waals surface area contributed by atoms with E-state index in [9.17, 15) is 18.0 Å². The molecule has 0 unspecified atom stereocenters. The molecule has 0 bridgehead atoms. The lowest BCUT2D eigenvalue weighted by atomic mass is 10.2. The molecule has 9 nitrogen and oxygen atoms in total. The van der Waals surface area contributed by atoms with E-state index in [4.69, 9.17) is 9.47 Å². The van der Waals surface area contributed by atoms with E-state index in [1.807, 2.05) is 6.07 Å². The monoisotopic (exact) mass is 499 g/mol. The van der Waals surface area contributed by atoms with E-state index in [1.54, 1.807) is 6.07 Å². The fraction of sp³-hybridized carbons (Fsp3) is 0.217. The highest BCUT2D eigenvalue weighted by molar-refractivity contribution is 7.92. The normalized spacial score (nSPS) is 14.2. The number of hydrazine groups is 1. The van der Waals surface area contributed by atoms with Crippen LogP contribution in [0.4, 0.5) is 5.69 Å². The van der Waals surface area contributed by atoms with Crippen molar-refractivity contribution in [1.29, 1.82) is 0 Å². The number of ether oxygens (including phenoxy) is 2. The molecule has 2 amide bonds. The maximum absolute atomic E-state index is 12.8. The molecule has 1 aliphatic carbocycles. The standard InChI is InChI=1S/C23H21N3O6S2/c27-22(24-25-23(28)21-12-14-3-2-6-20(14)33-21)15-4-1-5-16(11-15)26-34(29,30)17-7-8-18-19(13-17)32-10-9-31-18/h1,4-5,7-8,11-13,26H,2-3,6,9-10H2,(H,24,27)(H,25,28). The van der Waals surface area contributed by atoms with Gasteiger partial charge in [-0.2, -0.15) is 0 Å². The van der Waals surface area contributed by atoms with Crippen molar-refractivity contribution >= 4 is 38.9 Å². The van der Waals surface area contributed by atoms with Crippen molar-refractivity contribution in [2.24, 2.45) is 0 Å². The number of sulfonamides is 1. The summed E-state index contributed by atoms with van der Waals surface area (Å²) < 4.78 is 39.0. The van der Waals surface area contributed by atoms with Crippen molar-refractivity contribution in [2.75, 3.05) is 17.9 Å². The molecule has 0 radical (unpaired) electrons. The molecule has 1 aliphatic heterocycles. The number of aryl methyl sites for hydroxylation is 2. The second-order valence-electron chi connectivity index (χ2n) is 7.81. The zero-order valence-electron chi connectivity index (χ0n) is 17.9. The van der Waals surface area contributed by atoms with Gasteiger partial charge in [0.15, 0.2) is 11.5 Å². The fourth-order valence-corrected chi connectivity index (χ4v) is 6.03. The molecule has 176 valence electrons. The highest BCUT2D eigenvalue weighted by Crippen LogP contribution is 2.33. The van der Waals surface area contributed by atoms with Crippen molar-refractivity contribution in [1.82, 2.24) is 10.9 Å². The van der Waals surface area contributed by atoms with Crippen LogP contribution in [0.2, 0.25) is 0 Å². The quantitative estimate of drug-likeness (QED) is 0.464. The summed E-state index contributed by atoms with van der Waals surface area (Å²) in [5.41, 5.74) is 6.36. The average molecular weight is 500 g/mol. The molecule has 0 spiro atoms. The molecular weight excluding hydrogens is 478 g/mol. The summed E-state index contributed by atoms with van der Waals surface area (Å²) in [6, 6.07) is 12.2. The van der Waals surface area contributed by atoms with Crippen LogP contribution in [-0.2, 0) is 22.9 Å². The molecule has 5 rings (SSSR count). The summed E-state index contributed by atoms with van der Waals surface area (Å²) in [6.45, 7) is 0.745. The van der Waals surface area contributed by atoms with Gasteiger partial charge in [-0.15, -0.1) is 11.3 Å². The first-order valence-electron chi connectivity index (χ1n) is 10.6.